The van der Waals surface area contributed by atoms with E-state index in [9.17, 15) is 4.79 Å². The van der Waals surface area contributed by atoms with Gasteiger partial charge < -0.3 is 10.4 Å². The molecule has 0 fully saturated rings. The van der Waals surface area contributed by atoms with Crippen LogP contribution in [0.1, 0.15) is 4.88 Å². The van der Waals surface area contributed by atoms with Crippen LogP contribution in [0.5, 0.6) is 0 Å². The lowest BCUT2D eigenvalue weighted by atomic mass is 10.5. The highest BCUT2D eigenvalue weighted by molar-refractivity contribution is 7.99. The zero-order valence-electron chi connectivity index (χ0n) is 8.03. The Bertz CT molecular complexity index is 317. The number of amides is 1. The summed E-state index contributed by atoms with van der Waals surface area (Å²) >= 11 is 8.84. The van der Waals surface area contributed by atoms with Gasteiger partial charge in [0, 0.05) is 17.2 Å². The van der Waals surface area contributed by atoms with Crippen molar-refractivity contribution in [3.63, 3.8) is 0 Å². The Balaban J connectivity index is 2.13. The average Bonchev–Trinajstić information content (AvgIpc) is 2.61. The summed E-state index contributed by atoms with van der Waals surface area (Å²) < 4.78 is 0.773. The van der Waals surface area contributed by atoms with Gasteiger partial charge in [-0.15, -0.1) is 23.1 Å². The Morgan fingerprint density at radius 3 is 3.00 bits per heavy atom. The number of thiophene rings is 1. The van der Waals surface area contributed by atoms with Crippen LogP contribution in [0.4, 0.5) is 0 Å². The first-order valence-corrected chi connectivity index (χ1v) is 6.77. The van der Waals surface area contributed by atoms with Gasteiger partial charge in [-0.1, -0.05) is 11.6 Å². The molecule has 1 aromatic rings. The Morgan fingerprint density at radius 1 is 1.60 bits per heavy atom. The van der Waals surface area contributed by atoms with Gasteiger partial charge in [0.05, 0.1) is 16.7 Å². The van der Waals surface area contributed by atoms with Crippen molar-refractivity contribution in [1.82, 2.24) is 5.32 Å². The monoisotopic (exact) mass is 265 g/mol. The van der Waals surface area contributed by atoms with Crippen LogP contribution in [0, 0.1) is 0 Å². The van der Waals surface area contributed by atoms with E-state index < -0.39 is 0 Å². The molecule has 1 amide bonds. The molecule has 1 rings (SSSR count). The van der Waals surface area contributed by atoms with Crippen LogP contribution in [0.3, 0.4) is 0 Å². The first-order chi connectivity index (χ1) is 7.22. The highest BCUT2D eigenvalue weighted by Gasteiger charge is 2.02. The summed E-state index contributed by atoms with van der Waals surface area (Å²) in [4.78, 5) is 12.3. The maximum absolute atomic E-state index is 11.1. The van der Waals surface area contributed by atoms with Gasteiger partial charge >= 0.3 is 0 Å². The molecule has 1 aromatic heterocycles. The van der Waals surface area contributed by atoms with Gasteiger partial charge in [-0.05, 0) is 12.1 Å². The molecule has 0 radical (unpaired) electrons. The number of thioether (sulfide) groups is 1. The van der Waals surface area contributed by atoms with Crippen molar-refractivity contribution >= 4 is 40.6 Å². The van der Waals surface area contributed by atoms with E-state index in [0.29, 0.717) is 12.3 Å². The number of rotatable bonds is 6. The maximum atomic E-state index is 11.1. The van der Waals surface area contributed by atoms with Crippen LogP contribution < -0.4 is 5.32 Å². The highest BCUT2D eigenvalue weighted by atomic mass is 35.5. The molecule has 15 heavy (non-hydrogen) atoms. The molecule has 0 aliphatic carbocycles. The smallest absolute Gasteiger partial charge is 0.230 e. The van der Waals surface area contributed by atoms with Gasteiger partial charge in [-0.2, -0.15) is 0 Å². The SMILES string of the molecule is O=C(CSCc1ccc(Cl)s1)NCCO. The molecule has 0 saturated carbocycles. The van der Waals surface area contributed by atoms with Gasteiger partial charge in [0.15, 0.2) is 0 Å². The molecular formula is C9H12ClNO2S2. The molecule has 0 bridgehead atoms. The fraction of sp³-hybridized carbons (Fsp3) is 0.444. The topological polar surface area (TPSA) is 49.3 Å². The van der Waals surface area contributed by atoms with Crippen molar-refractivity contribution in [3.05, 3.63) is 21.3 Å². The maximum Gasteiger partial charge on any atom is 0.230 e. The molecule has 3 nitrogen and oxygen atoms in total. The summed E-state index contributed by atoms with van der Waals surface area (Å²) in [6.45, 7) is 0.307. The average molecular weight is 266 g/mol. The summed E-state index contributed by atoms with van der Waals surface area (Å²) in [6, 6.07) is 3.82. The number of hydrogen-bond donors (Lipinski definition) is 2. The van der Waals surface area contributed by atoms with Crippen LogP contribution in [-0.4, -0.2) is 29.9 Å². The van der Waals surface area contributed by atoms with Crippen molar-refractivity contribution < 1.29 is 9.90 Å². The summed E-state index contributed by atoms with van der Waals surface area (Å²) in [5, 5.41) is 11.1. The number of carbonyl (C=O) groups is 1. The van der Waals surface area contributed by atoms with Gasteiger partial charge in [-0.3, -0.25) is 4.79 Å². The molecule has 0 atom stereocenters. The number of aliphatic hydroxyl groups is 1. The molecule has 1 heterocycles. The molecule has 84 valence electrons. The van der Waals surface area contributed by atoms with E-state index in [0.717, 1.165) is 10.1 Å². The Labute approximate surface area is 102 Å². The number of carbonyl (C=O) groups excluding carboxylic acids is 1. The van der Waals surface area contributed by atoms with Gasteiger partial charge in [-0.25, -0.2) is 0 Å². The van der Waals surface area contributed by atoms with E-state index in [1.807, 2.05) is 12.1 Å². The Kier molecular flexibility index (Phi) is 6.09. The lowest BCUT2D eigenvalue weighted by Gasteiger charge is -2.01. The summed E-state index contributed by atoms with van der Waals surface area (Å²) in [5.41, 5.74) is 0. The summed E-state index contributed by atoms with van der Waals surface area (Å²) in [5.74, 6) is 1.16. The summed E-state index contributed by atoms with van der Waals surface area (Å²) in [7, 11) is 0. The predicted molar refractivity (Wildman–Crippen MR) is 65.6 cm³/mol. The zero-order chi connectivity index (χ0) is 11.1. The van der Waals surface area contributed by atoms with E-state index in [4.69, 9.17) is 16.7 Å². The van der Waals surface area contributed by atoms with E-state index in [-0.39, 0.29) is 12.5 Å². The molecule has 0 spiro atoms. The first-order valence-electron chi connectivity index (χ1n) is 4.42. The van der Waals surface area contributed by atoms with Crippen LogP contribution in [0.2, 0.25) is 4.34 Å². The molecule has 0 unspecified atom stereocenters. The number of aliphatic hydroxyl groups excluding tert-OH is 1. The lowest BCUT2D eigenvalue weighted by Crippen LogP contribution is -2.27. The van der Waals surface area contributed by atoms with E-state index in [1.165, 1.54) is 28.0 Å². The normalized spacial score (nSPS) is 10.3. The number of halogens is 1. The van der Waals surface area contributed by atoms with E-state index in [1.54, 1.807) is 0 Å². The van der Waals surface area contributed by atoms with E-state index >= 15 is 0 Å². The van der Waals surface area contributed by atoms with Crippen molar-refractivity contribution in [3.8, 4) is 0 Å². The predicted octanol–water partition coefficient (Wildman–Crippen LogP) is 1.74. The molecule has 0 saturated heterocycles. The second-order valence-corrected chi connectivity index (χ2v) is 5.56. The highest BCUT2D eigenvalue weighted by Crippen LogP contribution is 2.24. The third-order valence-corrected chi connectivity index (χ3v) is 3.94. The number of hydrogen-bond acceptors (Lipinski definition) is 4. The van der Waals surface area contributed by atoms with Crippen LogP contribution in [0.25, 0.3) is 0 Å². The Hall–Kier alpha value is -0.230. The van der Waals surface area contributed by atoms with Crippen LogP contribution in [-0.2, 0) is 10.5 Å². The van der Waals surface area contributed by atoms with Crippen LogP contribution >= 0.6 is 34.7 Å². The molecule has 6 heteroatoms. The largest absolute Gasteiger partial charge is 0.395 e. The molecule has 0 aromatic carbocycles. The first kappa shape index (κ1) is 12.8. The Morgan fingerprint density at radius 2 is 2.40 bits per heavy atom. The quantitative estimate of drug-likeness (QED) is 0.824. The van der Waals surface area contributed by atoms with Crippen LogP contribution in [0.15, 0.2) is 12.1 Å². The fourth-order valence-electron chi connectivity index (χ4n) is 0.920. The fourth-order valence-corrected chi connectivity index (χ4v) is 2.98. The third-order valence-electron chi connectivity index (χ3n) is 1.54. The number of nitrogens with one attached hydrogen (secondary N) is 1. The van der Waals surface area contributed by atoms with Gasteiger partial charge in [0.25, 0.3) is 0 Å². The third kappa shape index (κ3) is 5.41. The van der Waals surface area contributed by atoms with Crippen molar-refractivity contribution in [1.29, 1.82) is 0 Å². The molecule has 0 aliphatic heterocycles. The minimum Gasteiger partial charge on any atom is -0.395 e. The van der Waals surface area contributed by atoms with E-state index in [2.05, 4.69) is 5.32 Å². The van der Waals surface area contributed by atoms with Gasteiger partial charge in [0.2, 0.25) is 5.91 Å². The summed E-state index contributed by atoms with van der Waals surface area (Å²) in [6.07, 6.45) is 0. The second kappa shape index (κ2) is 7.11. The second-order valence-electron chi connectivity index (χ2n) is 2.77. The minimum atomic E-state index is -0.0447. The van der Waals surface area contributed by atoms with Crippen molar-refractivity contribution in [2.75, 3.05) is 18.9 Å². The molecule has 2 N–H and O–H groups in total. The van der Waals surface area contributed by atoms with Crippen molar-refractivity contribution in [2.24, 2.45) is 0 Å². The standard InChI is InChI=1S/C9H12ClNO2S2/c10-8-2-1-7(15-8)5-14-6-9(13)11-3-4-12/h1-2,12H,3-6H2,(H,11,13). The lowest BCUT2D eigenvalue weighted by molar-refractivity contribution is -0.118. The van der Waals surface area contributed by atoms with Gasteiger partial charge in [0.1, 0.15) is 0 Å². The molecular weight excluding hydrogens is 254 g/mol. The van der Waals surface area contributed by atoms with Crippen molar-refractivity contribution in [2.45, 2.75) is 5.75 Å². The molecule has 0 aliphatic rings. The zero-order valence-corrected chi connectivity index (χ0v) is 10.4. The minimum absolute atomic E-state index is 0.0169.